The van der Waals surface area contributed by atoms with E-state index < -0.39 is 0 Å². The summed E-state index contributed by atoms with van der Waals surface area (Å²) < 4.78 is 5.85. The van der Waals surface area contributed by atoms with Gasteiger partial charge in [-0.1, -0.05) is 30.3 Å². The molecule has 7 nitrogen and oxygen atoms in total. The molecule has 2 N–H and O–H groups in total. The van der Waals surface area contributed by atoms with E-state index in [1.54, 1.807) is 12.5 Å². The predicted octanol–water partition coefficient (Wildman–Crippen LogP) is 3.99. The average molecular weight is 368 g/mol. The van der Waals surface area contributed by atoms with Gasteiger partial charge in [0.1, 0.15) is 23.6 Å². The highest BCUT2D eigenvalue weighted by Gasteiger charge is 2.14. The molecule has 0 saturated carbocycles. The first-order valence-corrected chi connectivity index (χ1v) is 8.85. The van der Waals surface area contributed by atoms with Crippen molar-refractivity contribution in [3.8, 4) is 28.5 Å². The lowest BCUT2D eigenvalue weighted by Gasteiger charge is -2.08. The molecule has 7 heteroatoms. The Morgan fingerprint density at radius 1 is 0.893 bits per heavy atom. The maximum Gasteiger partial charge on any atom is 0.162 e. The highest BCUT2D eigenvalue weighted by atomic mass is 16.5. The molecule has 0 atom stereocenters. The van der Waals surface area contributed by atoms with Gasteiger partial charge in [-0.2, -0.15) is 5.10 Å². The first-order chi connectivity index (χ1) is 13.9. The Balaban J connectivity index is 1.44. The average Bonchev–Trinajstić information content (AvgIpc) is 3.45. The van der Waals surface area contributed by atoms with Gasteiger partial charge in [-0.05, 0) is 35.9 Å². The summed E-state index contributed by atoms with van der Waals surface area (Å²) in [5.74, 6) is 1.40. The number of aromatic nitrogens is 6. The summed E-state index contributed by atoms with van der Waals surface area (Å²) in [5.41, 5.74) is 4.91. The molecule has 0 spiro atoms. The highest BCUT2D eigenvalue weighted by molar-refractivity contribution is 5.87. The number of benzene rings is 2. The largest absolute Gasteiger partial charge is 0.489 e. The monoisotopic (exact) mass is 368 g/mol. The van der Waals surface area contributed by atoms with Crippen molar-refractivity contribution in [1.29, 1.82) is 0 Å². The number of nitrogens with zero attached hydrogens (tertiary/aromatic N) is 4. The molecule has 3 aromatic heterocycles. The summed E-state index contributed by atoms with van der Waals surface area (Å²) in [6, 6.07) is 19.7. The van der Waals surface area contributed by atoms with E-state index in [1.165, 1.54) is 0 Å². The zero-order chi connectivity index (χ0) is 18.8. The number of ether oxygens (including phenoxy) is 1. The van der Waals surface area contributed by atoms with Crippen LogP contribution in [0, 0.1) is 0 Å². The molecule has 0 unspecified atom stereocenters. The van der Waals surface area contributed by atoms with Crippen molar-refractivity contribution in [2.24, 2.45) is 0 Å². The lowest BCUT2D eigenvalue weighted by atomic mass is 10.2. The van der Waals surface area contributed by atoms with Crippen molar-refractivity contribution in [3.05, 3.63) is 78.8 Å². The molecule has 136 valence electrons. The summed E-state index contributed by atoms with van der Waals surface area (Å²) >= 11 is 0. The minimum atomic E-state index is 0.529. The SMILES string of the molecule is c1ccc(COc2ccc(-c3nc(-c4ccn[nH]4)c4nc[nH]c4n3)cc2)cc1. The Morgan fingerprint density at radius 3 is 2.54 bits per heavy atom. The van der Waals surface area contributed by atoms with Gasteiger partial charge in [0.15, 0.2) is 11.5 Å². The van der Waals surface area contributed by atoms with Crippen molar-refractivity contribution in [1.82, 2.24) is 30.1 Å². The van der Waals surface area contributed by atoms with Crippen LogP contribution in [-0.4, -0.2) is 30.1 Å². The summed E-state index contributed by atoms with van der Waals surface area (Å²) in [5, 5.41) is 6.95. The molecule has 0 amide bonds. The normalized spacial score (nSPS) is 11.0. The van der Waals surface area contributed by atoms with Crippen LogP contribution in [0.1, 0.15) is 5.56 Å². The Kier molecular flexibility index (Phi) is 4.02. The van der Waals surface area contributed by atoms with E-state index in [1.807, 2.05) is 60.7 Å². The van der Waals surface area contributed by atoms with E-state index in [9.17, 15) is 0 Å². The van der Waals surface area contributed by atoms with Gasteiger partial charge >= 0.3 is 0 Å². The first-order valence-electron chi connectivity index (χ1n) is 8.85. The standard InChI is InChI=1S/C21H16N6O/c1-2-4-14(5-3-1)12-28-16-8-6-15(7-9-16)20-25-18(17-10-11-24-27-17)19-21(26-20)23-13-22-19/h1-11,13H,12H2,(H,24,27)(H,22,23,25,26). The second-order valence-electron chi connectivity index (χ2n) is 6.26. The van der Waals surface area contributed by atoms with Crippen LogP contribution in [-0.2, 0) is 6.61 Å². The van der Waals surface area contributed by atoms with Crippen molar-refractivity contribution >= 4 is 11.2 Å². The molecule has 28 heavy (non-hydrogen) atoms. The van der Waals surface area contributed by atoms with E-state index in [4.69, 9.17) is 9.72 Å². The molecule has 5 rings (SSSR count). The van der Waals surface area contributed by atoms with Crippen molar-refractivity contribution in [2.75, 3.05) is 0 Å². The number of fused-ring (bicyclic) bond motifs is 1. The summed E-state index contributed by atoms with van der Waals surface area (Å²) in [4.78, 5) is 16.7. The van der Waals surface area contributed by atoms with Crippen LogP contribution >= 0.6 is 0 Å². The summed E-state index contributed by atoms with van der Waals surface area (Å²) in [6.07, 6.45) is 3.30. The number of imidazole rings is 1. The third-order valence-electron chi connectivity index (χ3n) is 4.40. The molecular weight excluding hydrogens is 352 g/mol. The molecule has 0 bridgehead atoms. The third-order valence-corrected chi connectivity index (χ3v) is 4.40. The zero-order valence-electron chi connectivity index (χ0n) is 14.8. The van der Waals surface area contributed by atoms with Crippen LogP contribution < -0.4 is 4.74 Å². The van der Waals surface area contributed by atoms with Crippen LogP contribution in [0.5, 0.6) is 5.75 Å². The number of H-pyrrole nitrogens is 2. The Bertz CT molecular complexity index is 1200. The lowest BCUT2D eigenvalue weighted by molar-refractivity contribution is 0.306. The van der Waals surface area contributed by atoms with Gasteiger partial charge < -0.3 is 9.72 Å². The molecule has 0 aliphatic rings. The van der Waals surface area contributed by atoms with E-state index in [0.717, 1.165) is 22.6 Å². The molecule has 0 saturated heterocycles. The van der Waals surface area contributed by atoms with Gasteiger partial charge in [0, 0.05) is 11.8 Å². The van der Waals surface area contributed by atoms with Crippen LogP contribution in [0.25, 0.3) is 33.9 Å². The number of nitrogens with one attached hydrogen (secondary N) is 2. The summed E-state index contributed by atoms with van der Waals surface area (Å²) in [7, 11) is 0. The van der Waals surface area contributed by atoms with Gasteiger partial charge in [-0.3, -0.25) is 5.10 Å². The Labute approximate surface area is 160 Å². The number of rotatable bonds is 5. The minimum Gasteiger partial charge on any atom is -0.489 e. The van der Waals surface area contributed by atoms with E-state index >= 15 is 0 Å². The van der Waals surface area contributed by atoms with E-state index in [0.29, 0.717) is 29.3 Å². The second-order valence-corrected chi connectivity index (χ2v) is 6.26. The topological polar surface area (TPSA) is 92.4 Å². The van der Waals surface area contributed by atoms with Gasteiger partial charge in [0.05, 0.1) is 12.0 Å². The van der Waals surface area contributed by atoms with Crippen LogP contribution in [0.3, 0.4) is 0 Å². The number of hydrogen-bond donors (Lipinski definition) is 2. The molecule has 0 aliphatic carbocycles. The van der Waals surface area contributed by atoms with Crippen LogP contribution in [0.15, 0.2) is 73.2 Å². The first kappa shape index (κ1) is 16.2. The van der Waals surface area contributed by atoms with E-state index in [2.05, 4.69) is 25.1 Å². The van der Waals surface area contributed by atoms with Gasteiger partial charge in [0.25, 0.3) is 0 Å². The quantitative estimate of drug-likeness (QED) is 0.489. The molecule has 5 aromatic rings. The molecule has 2 aromatic carbocycles. The maximum absolute atomic E-state index is 5.85. The van der Waals surface area contributed by atoms with E-state index in [-0.39, 0.29) is 0 Å². The fourth-order valence-corrected chi connectivity index (χ4v) is 2.98. The highest BCUT2D eigenvalue weighted by Crippen LogP contribution is 2.27. The molecule has 0 aliphatic heterocycles. The van der Waals surface area contributed by atoms with Crippen molar-refractivity contribution < 1.29 is 4.74 Å². The Hall–Kier alpha value is -4.00. The number of aromatic amines is 2. The minimum absolute atomic E-state index is 0.529. The Morgan fingerprint density at radius 2 is 1.75 bits per heavy atom. The van der Waals surface area contributed by atoms with Gasteiger partial charge in [-0.25, -0.2) is 15.0 Å². The van der Waals surface area contributed by atoms with Crippen molar-refractivity contribution in [3.63, 3.8) is 0 Å². The van der Waals surface area contributed by atoms with Crippen LogP contribution in [0.4, 0.5) is 0 Å². The van der Waals surface area contributed by atoms with Crippen molar-refractivity contribution in [2.45, 2.75) is 6.61 Å². The second kappa shape index (κ2) is 6.96. The smallest absolute Gasteiger partial charge is 0.162 e. The fraction of sp³-hybridized carbons (Fsp3) is 0.0476. The molecule has 0 radical (unpaired) electrons. The zero-order valence-corrected chi connectivity index (χ0v) is 14.8. The number of hydrogen-bond acceptors (Lipinski definition) is 5. The van der Waals surface area contributed by atoms with Crippen LogP contribution in [0.2, 0.25) is 0 Å². The molecule has 0 fully saturated rings. The fourth-order valence-electron chi connectivity index (χ4n) is 2.98. The molecule has 3 heterocycles. The van der Waals surface area contributed by atoms with Gasteiger partial charge in [-0.15, -0.1) is 0 Å². The third kappa shape index (κ3) is 3.09. The summed E-state index contributed by atoms with van der Waals surface area (Å²) in [6.45, 7) is 0.529. The predicted molar refractivity (Wildman–Crippen MR) is 105 cm³/mol. The van der Waals surface area contributed by atoms with Gasteiger partial charge in [0.2, 0.25) is 0 Å². The molecular formula is C21H16N6O. The maximum atomic E-state index is 5.85. The lowest BCUT2D eigenvalue weighted by Crippen LogP contribution is -1.96.